The Morgan fingerprint density at radius 2 is 2.00 bits per heavy atom. The molecule has 3 N–H and O–H groups in total. The number of aryl methyl sites for hydroxylation is 1. The number of hydrazone groups is 1. The van der Waals surface area contributed by atoms with Crippen LogP contribution in [0.2, 0.25) is 0 Å². The standard InChI is InChI=1S/C18H18N4O/c1-13-2-4-14(5-3-13)12-22-9-8-16-10-15(6-7-17(16)22)11-20-21-18(19)23/h2-11H,12H2,1H3,(H3,19,21,23). The van der Waals surface area contributed by atoms with Gasteiger partial charge in [0, 0.05) is 23.6 Å². The number of amides is 2. The number of urea groups is 1. The van der Waals surface area contributed by atoms with E-state index in [1.54, 1.807) is 6.21 Å². The Bertz CT molecular complexity index is 862. The van der Waals surface area contributed by atoms with Gasteiger partial charge in [-0.1, -0.05) is 35.9 Å². The van der Waals surface area contributed by atoms with E-state index in [0.29, 0.717) is 0 Å². The molecule has 116 valence electrons. The highest BCUT2D eigenvalue weighted by Gasteiger charge is 2.03. The van der Waals surface area contributed by atoms with Crippen molar-refractivity contribution in [2.45, 2.75) is 13.5 Å². The Kier molecular flexibility index (Phi) is 4.10. The second kappa shape index (κ2) is 6.36. The topological polar surface area (TPSA) is 72.4 Å². The van der Waals surface area contributed by atoms with Crippen molar-refractivity contribution in [3.8, 4) is 0 Å². The second-order valence-corrected chi connectivity index (χ2v) is 5.48. The molecule has 0 aliphatic rings. The van der Waals surface area contributed by atoms with Crippen LogP contribution in [0.15, 0.2) is 59.8 Å². The minimum atomic E-state index is -0.674. The summed E-state index contributed by atoms with van der Waals surface area (Å²) in [5.41, 5.74) is 11.7. The first-order valence-electron chi connectivity index (χ1n) is 7.35. The van der Waals surface area contributed by atoms with Gasteiger partial charge in [-0.15, -0.1) is 0 Å². The lowest BCUT2D eigenvalue weighted by Gasteiger charge is -2.06. The van der Waals surface area contributed by atoms with Crippen LogP contribution < -0.4 is 11.2 Å². The molecule has 0 saturated carbocycles. The molecule has 3 rings (SSSR count). The van der Waals surface area contributed by atoms with Crippen molar-refractivity contribution in [1.29, 1.82) is 0 Å². The summed E-state index contributed by atoms with van der Waals surface area (Å²) in [6.45, 7) is 2.92. The Labute approximate surface area is 134 Å². The van der Waals surface area contributed by atoms with E-state index in [0.717, 1.165) is 23.0 Å². The molecule has 23 heavy (non-hydrogen) atoms. The van der Waals surface area contributed by atoms with Crippen LogP contribution in [0.1, 0.15) is 16.7 Å². The van der Waals surface area contributed by atoms with Gasteiger partial charge in [0.1, 0.15) is 0 Å². The number of nitrogens with two attached hydrogens (primary N) is 1. The van der Waals surface area contributed by atoms with Crippen LogP contribution in [-0.4, -0.2) is 16.8 Å². The van der Waals surface area contributed by atoms with Gasteiger partial charge in [0.25, 0.3) is 0 Å². The number of aromatic nitrogens is 1. The van der Waals surface area contributed by atoms with Gasteiger partial charge in [0.05, 0.1) is 6.21 Å². The van der Waals surface area contributed by atoms with Gasteiger partial charge in [-0.25, -0.2) is 10.2 Å². The summed E-state index contributed by atoms with van der Waals surface area (Å²) in [7, 11) is 0. The van der Waals surface area contributed by atoms with E-state index in [1.165, 1.54) is 11.1 Å². The van der Waals surface area contributed by atoms with E-state index in [-0.39, 0.29) is 0 Å². The van der Waals surface area contributed by atoms with E-state index < -0.39 is 6.03 Å². The van der Waals surface area contributed by atoms with Crippen molar-refractivity contribution in [1.82, 2.24) is 9.99 Å². The Hall–Kier alpha value is -3.08. The predicted octanol–water partition coefficient (Wildman–Crippen LogP) is 3.00. The molecule has 0 saturated heterocycles. The molecule has 1 heterocycles. The molecule has 2 amide bonds. The number of nitrogens with one attached hydrogen (secondary N) is 1. The minimum absolute atomic E-state index is 0.674. The molecule has 0 atom stereocenters. The predicted molar refractivity (Wildman–Crippen MR) is 92.5 cm³/mol. The van der Waals surface area contributed by atoms with Gasteiger partial charge >= 0.3 is 6.03 Å². The van der Waals surface area contributed by atoms with Crippen LogP contribution in [-0.2, 0) is 6.54 Å². The number of fused-ring (bicyclic) bond motifs is 1. The number of hydrogen-bond acceptors (Lipinski definition) is 2. The first kappa shape index (κ1) is 14.8. The largest absolute Gasteiger partial charge is 0.350 e. The molecular formula is C18H18N4O. The molecule has 3 aromatic rings. The van der Waals surface area contributed by atoms with Crippen LogP contribution in [0.4, 0.5) is 4.79 Å². The molecule has 1 aromatic heterocycles. The fraction of sp³-hybridized carbons (Fsp3) is 0.111. The molecule has 0 bridgehead atoms. The van der Waals surface area contributed by atoms with Crippen molar-refractivity contribution in [2.75, 3.05) is 0 Å². The molecular weight excluding hydrogens is 288 g/mol. The van der Waals surface area contributed by atoms with Gasteiger partial charge in [-0.2, -0.15) is 5.10 Å². The zero-order chi connectivity index (χ0) is 16.2. The molecule has 5 heteroatoms. The summed E-state index contributed by atoms with van der Waals surface area (Å²) in [4.78, 5) is 10.6. The first-order chi connectivity index (χ1) is 11.1. The van der Waals surface area contributed by atoms with Crippen molar-refractivity contribution < 1.29 is 4.79 Å². The third-order valence-electron chi connectivity index (χ3n) is 3.66. The summed E-state index contributed by atoms with van der Waals surface area (Å²) in [5, 5.41) is 4.90. The Balaban J connectivity index is 1.82. The highest BCUT2D eigenvalue weighted by molar-refractivity contribution is 5.89. The molecule has 0 radical (unpaired) electrons. The molecule has 5 nitrogen and oxygen atoms in total. The average molecular weight is 306 g/mol. The van der Waals surface area contributed by atoms with Crippen LogP contribution in [0, 0.1) is 6.92 Å². The average Bonchev–Trinajstić information content (AvgIpc) is 2.92. The van der Waals surface area contributed by atoms with Crippen LogP contribution in [0.5, 0.6) is 0 Å². The number of hydrogen-bond donors (Lipinski definition) is 2. The molecule has 0 aliphatic heterocycles. The van der Waals surface area contributed by atoms with Gasteiger partial charge in [-0.3, -0.25) is 0 Å². The zero-order valence-corrected chi connectivity index (χ0v) is 12.9. The number of nitrogens with zero attached hydrogens (tertiary/aromatic N) is 2. The lowest BCUT2D eigenvalue weighted by Crippen LogP contribution is -2.24. The van der Waals surface area contributed by atoms with Crippen molar-refractivity contribution >= 4 is 23.1 Å². The Morgan fingerprint density at radius 1 is 1.22 bits per heavy atom. The molecule has 0 fully saturated rings. The maximum absolute atomic E-state index is 10.6. The smallest absolute Gasteiger partial charge is 0.332 e. The van der Waals surface area contributed by atoms with E-state index in [2.05, 4.69) is 64.6 Å². The van der Waals surface area contributed by atoms with Gasteiger partial charge in [0.15, 0.2) is 0 Å². The summed E-state index contributed by atoms with van der Waals surface area (Å²) in [6, 6.07) is 16.0. The van der Waals surface area contributed by atoms with E-state index in [9.17, 15) is 4.79 Å². The summed E-state index contributed by atoms with van der Waals surface area (Å²) >= 11 is 0. The van der Waals surface area contributed by atoms with Gasteiger partial charge in [0.2, 0.25) is 0 Å². The number of rotatable bonds is 4. The highest BCUT2D eigenvalue weighted by atomic mass is 16.2. The lowest BCUT2D eigenvalue weighted by molar-refractivity contribution is 0.249. The quantitative estimate of drug-likeness (QED) is 0.564. The summed E-state index contributed by atoms with van der Waals surface area (Å²) < 4.78 is 2.21. The maximum atomic E-state index is 10.6. The van der Waals surface area contributed by atoms with Gasteiger partial charge < -0.3 is 10.3 Å². The fourth-order valence-electron chi connectivity index (χ4n) is 2.50. The number of carbonyl (C=O) groups excluding carboxylic acids is 1. The maximum Gasteiger partial charge on any atom is 0.332 e. The lowest BCUT2D eigenvalue weighted by atomic mass is 10.1. The SMILES string of the molecule is Cc1ccc(Cn2ccc3cc(C=NNC(N)=O)ccc32)cc1. The van der Waals surface area contributed by atoms with Gasteiger partial charge in [-0.05, 0) is 36.2 Å². The second-order valence-electron chi connectivity index (χ2n) is 5.48. The Morgan fingerprint density at radius 3 is 2.74 bits per heavy atom. The highest BCUT2D eigenvalue weighted by Crippen LogP contribution is 2.18. The number of benzene rings is 2. The minimum Gasteiger partial charge on any atom is -0.350 e. The molecule has 2 aromatic carbocycles. The summed E-state index contributed by atoms with van der Waals surface area (Å²) in [6.07, 6.45) is 3.65. The van der Waals surface area contributed by atoms with E-state index in [4.69, 9.17) is 5.73 Å². The molecule has 0 unspecified atom stereocenters. The zero-order valence-electron chi connectivity index (χ0n) is 12.9. The van der Waals surface area contributed by atoms with Crippen molar-refractivity contribution in [3.63, 3.8) is 0 Å². The number of carbonyl (C=O) groups is 1. The van der Waals surface area contributed by atoms with Crippen LogP contribution in [0.25, 0.3) is 10.9 Å². The molecule has 0 spiro atoms. The molecule has 0 aliphatic carbocycles. The van der Waals surface area contributed by atoms with Crippen LogP contribution >= 0.6 is 0 Å². The van der Waals surface area contributed by atoms with E-state index in [1.807, 2.05) is 12.1 Å². The van der Waals surface area contributed by atoms with Crippen molar-refractivity contribution in [3.05, 3.63) is 71.4 Å². The van der Waals surface area contributed by atoms with E-state index >= 15 is 0 Å². The third-order valence-corrected chi connectivity index (χ3v) is 3.66. The summed E-state index contributed by atoms with van der Waals surface area (Å²) in [5.74, 6) is 0. The third kappa shape index (κ3) is 3.58. The number of primary amides is 1. The van der Waals surface area contributed by atoms with Crippen LogP contribution in [0.3, 0.4) is 0 Å². The first-order valence-corrected chi connectivity index (χ1v) is 7.35. The monoisotopic (exact) mass is 306 g/mol. The normalized spacial score (nSPS) is 11.2. The van der Waals surface area contributed by atoms with Crippen molar-refractivity contribution in [2.24, 2.45) is 10.8 Å². The fourth-order valence-corrected chi connectivity index (χ4v) is 2.50.